The van der Waals surface area contributed by atoms with Crippen molar-refractivity contribution in [2.24, 2.45) is 0 Å². The second kappa shape index (κ2) is 7.74. The minimum atomic E-state index is -0.225. The van der Waals surface area contributed by atoms with Crippen LogP contribution in [0, 0.1) is 0 Å². The van der Waals surface area contributed by atoms with Crippen molar-refractivity contribution in [2.45, 2.75) is 31.7 Å². The Labute approximate surface area is 184 Å². The number of rotatable bonds is 4. The van der Waals surface area contributed by atoms with E-state index >= 15 is 0 Å². The zero-order valence-corrected chi connectivity index (χ0v) is 17.8. The van der Waals surface area contributed by atoms with E-state index in [1.165, 1.54) is 0 Å². The van der Waals surface area contributed by atoms with E-state index in [1.54, 1.807) is 23.8 Å². The molecule has 5 rings (SSSR count). The maximum Gasteiger partial charge on any atom is 0.257 e. The fourth-order valence-corrected chi connectivity index (χ4v) is 4.52. The van der Waals surface area contributed by atoms with Crippen LogP contribution in [0.5, 0.6) is 5.75 Å². The predicted molar refractivity (Wildman–Crippen MR) is 122 cm³/mol. The number of anilines is 1. The highest BCUT2D eigenvalue weighted by Gasteiger charge is 2.27. The van der Waals surface area contributed by atoms with Crippen molar-refractivity contribution in [3.8, 4) is 11.4 Å². The smallest absolute Gasteiger partial charge is 0.257 e. The minimum Gasteiger partial charge on any atom is -0.495 e. The van der Waals surface area contributed by atoms with E-state index < -0.39 is 0 Å². The third-order valence-corrected chi connectivity index (χ3v) is 6.10. The summed E-state index contributed by atoms with van der Waals surface area (Å²) in [5.41, 5.74) is 9.97. The Morgan fingerprint density at radius 3 is 2.55 bits per heavy atom. The molecule has 31 heavy (non-hydrogen) atoms. The van der Waals surface area contributed by atoms with Crippen molar-refractivity contribution < 1.29 is 9.53 Å². The number of para-hydroxylation sites is 2. The highest BCUT2D eigenvalue weighted by atomic mass is 35.5. The van der Waals surface area contributed by atoms with Crippen molar-refractivity contribution in [3.63, 3.8) is 0 Å². The summed E-state index contributed by atoms with van der Waals surface area (Å²) in [6.45, 7) is 0. The number of halogens is 1. The van der Waals surface area contributed by atoms with Crippen LogP contribution in [0.3, 0.4) is 0 Å². The van der Waals surface area contributed by atoms with Crippen LogP contribution in [0.15, 0.2) is 42.5 Å². The molecule has 1 fully saturated rings. The van der Waals surface area contributed by atoms with Crippen LogP contribution in [0.25, 0.3) is 27.9 Å². The van der Waals surface area contributed by atoms with Crippen molar-refractivity contribution in [3.05, 3.63) is 53.1 Å². The van der Waals surface area contributed by atoms with Gasteiger partial charge in [0.25, 0.3) is 5.91 Å². The Balaban J connectivity index is 1.74. The number of fused-ring (bicyclic) bond motifs is 2. The Morgan fingerprint density at radius 1 is 1.16 bits per heavy atom. The Hall–Kier alpha value is -3.32. The number of nitrogens with zero attached hydrogens (tertiary/aromatic N) is 3. The predicted octanol–water partition coefficient (Wildman–Crippen LogP) is 4.49. The standard InChI is InChI=1S/C23H22ClN5O2/c1-31-18-11-10-14(12-15(18)24)29-21(25)19(23(30)26-13-6-2-3-7-13)20-22(29)28-17-9-5-4-8-16(17)27-20/h4-5,8-13H,2-3,6-7,25H2,1H3,(H,26,30). The normalized spacial score (nSPS) is 14.4. The fraction of sp³-hybridized carbons (Fsp3) is 0.261. The van der Waals surface area contributed by atoms with Gasteiger partial charge in [-0.1, -0.05) is 36.6 Å². The summed E-state index contributed by atoms with van der Waals surface area (Å²) in [6.07, 6.45) is 4.20. The van der Waals surface area contributed by atoms with Gasteiger partial charge in [0, 0.05) is 6.04 Å². The number of aromatic nitrogens is 3. The first-order valence-corrected chi connectivity index (χ1v) is 10.7. The van der Waals surface area contributed by atoms with E-state index in [1.807, 2.05) is 30.3 Å². The topological polar surface area (TPSA) is 95.1 Å². The number of carbonyl (C=O) groups is 1. The summed E-state index contributed by atoms with van der Waals surface area (Å²) in [4.78, 5) is 22.8. The van der Waals surface area contributed by atoms with Crippen LogP contribution in [0.1, 0.15) is 36.0 Å². The van der Waals surface area contributed by atoms with Crippen molar-refractivity contribution in [1.29, 1.82) is 0 Å². The lowest BCUT2D eigenvalue weighted by atomic mass is 10.2. The molecular formula is C23H22ClN5O2. The molecule has 3 N–H and O–H groups in total. The third-order valence-electron chi connectivity index (χ3n) is 5.81. The summed E-state index contributed by atoms with van der Waals surface area (Å²) in [5.74, 6) is 0.607. The van der Waals surface area contributed by atoms with Gasteiger partial charge < -0.3 is 15.8 Å². The second-order valence-corrected chi connectivity index (χ2v) is 8.16. The van der Waals surface area contributed by atoms with E-state index in [0.717, 1.165) is 31.2 Å². The van der Waals surface area contributed by atoms with Crippen LogP contribution >= 0.6 is 11.6 Å². The molecule has 158 valence electrons. The quantitative estimate of drug-likeness (QED) is 0.492. The molecule has 8 heteroatoms. The Morgan fingerprint density at radius 2 is 1.87 bits per heavy atom. The monoisotopic (exact) mass is 435 g/mol. The van der Waals surface area contributed by atoms with Gasteiger partial charge in [0.15, 0.2) is 5.65 Å². The second-order valence-electron chi connectivity index (χ2n) is 7.75. The van der Waals surface area contributed by atoms with Gasteiger partial charge in [-0.05, 0) is 43.2 Å². The van der Waals surface area contributed by atoms with E-state index in [4.69, 9.17) is 32.0 Å². The maximum atomic E-state index is 13.3. The van der Waals surface area contributed by atoms with Gasteiger partial charge in [-0.3, -0.25) is 9.36 Å². The van der Waals surface area contributed by atoms with Gasteiger partial charge in [-0.15, -0.1) is 0 Å². The number of hydrogen-bond acceptors (Lipinski definition) is 5. The van der Waals surface area contributed by atoms with Crippen molar-refractivity contribution >= 4 is 45.5 Å². The molecule has 0 unspecified atom stereocenters. The zero-order valence-electron chi connectivity index (χ0n) is 17.1. The minimum absolute atomic E-state index is 0.161. The average Bonchev–Trinajstić information content (AvgIpc) is 3.37. The highest BCUT2D eigenvalue weighted by molar-refractivity contribution is 6.32. The fourth-order valence-electron chi connectivity index (χ4n) is 4.27. The van der Waals surface area contributed by atoms with Gasteiger partial charge in [-0.25, -0.2) is 9.97 Å². The summed E-state index contributed by atoms with van der Waals surface area (Å²) in [6, 6.07) is 13.0. The molecule has 0 saturated heterocycles. The average molecular weight is 436 g/mol. The van der Waals surface area contributed by atoms with Gasteiger partial charge in [-0.2, -0.15) is 0 Å². The van der Waals surface area contributed by atoms with Crippen molar-refractivity contribution in [1.82, 2.24) is 19.9 Å². The van der Waals surface area contributed by atoms with Gasteiger partial charge >= 0.3 is 0 Å². The van der Waals surface area contributed by atoms with Crippen LogP contribution in [0.4, 0.5) is 5.82 Å². The summed E-state index contributed by atoms with van der Waals surface area (Å²) < 4.78 is 6.99. The lowest BCUT2D eigenvalue weighted by molar-refractivity contribution is 0.0940. The number of hydrogen-bond donors (Lipinski definition) is 2. The first kappa shape index (κ1) is 19.6. The zero-order chi connectivity index (χ0) is 21.5. The van der Waals surface area contributed by atoms with Crippen LogP contribution < -0.4 is 15.8 Å². The van der Waals surface area contributed by atoms with Crippen LogP contribution in [0.2, 0.25) is 5.02 Å². The summed E-state index contributed by atoms with van der Waals surface area (Å²) >= 11 is 6.37. The van der Waals surface area contributed by atoms with Gasteiger partial charge in [0.1, 0.15) is 22.6 Å². The number of ether oxygens (including phenoxy) is 1. The van der Waals surface area contributed by atoms with E-state index in [-0.39, 0.29) is 17.8 Å². The molecule has 4 aromatic rings. The number of nitrogens with one attached hydrogen (secondary N) is 1. The lowest BCUT2D eigenvalue weighted by Crippen LogP contribution is -2.33. The molecule has 1 aliphatic rings. The molecule has 7 nitrogen and oxygen atoms in total. The van der Waals surface area contributed by atoms with E-state index in [2.05, 4.69) is 5.32 Å². The van der Waals surface area contributed by atoms with E-state index in [0.29, 0.717) is 38.7 Å². The molecule has 2 aromatic heterocycles. The van der Waals surface area contributed by atoms with Gasteiger partial charge in [0.2, 0.25) is 0 Å². The number of nitrogens with two attached hydrogens (primary N) is 1. The SMILES string of the molecule is COc1ccc(-n2c(N)c(C(=O)NC3CCCC3)c3nc4ccccc4nc32)cc1Cl. The molecule has 0 spiro atoms. The third kappa shape index (κ3) is 3.35. The Kier molecular flexibility index (Phi) is 4.90. The molecule has 0 radical (unpaired) electrons. The number of benzene rings is 2. The first-order valence-electron chi connectivity index (χ1n) is 10.3. The van der Waals surface area contributed by atoms with Crippen molar-refractivity contribution in [2.75, 3.05) is 12.8 Å². The summed E-state index contributed by atoms with van der Waals surface area (Å²) in [5, 5.41) is 3.56. The molecule has 1 amide bonds. The molecule has 1 aliphatic carbocycles. The number of methoxy groups -OCH3 is 1. The first-order chi connectivity index (χ1) is 15.1. The molecule has 0 bridgehead atoms. The molecule has 0 aliphatic heterocycles. The Bertz CT molecular complexity index is 1310. The van der Waals surface area contributed by atoms with Crippen LogP contribution in [-0.2, 0) is 0 Å². The molecule has 0 atom stereocenters. The maximum absolute atomic E-state index is 13.3. The molecule has 2 heterocycles. The number of amides is 1. The molecule has 2 aromatic carbocycles. The number of carbonyl (C=O) groups excluding carboxylic acids is 1. The molecule has 1 saturated carbocycles. The highest BCUT2D eigenvalue weighted by Crippen LogP contribution is 2.34. The van der Waals surface area contributed by atoms with Crippen LogP contribution in [-0.4, -0.2) is 33.6 Å². The molecular weight excluding hydrogens is 414 g/mol. The summed E-state index contributed by atoms with van der Waals surface area (Å²) in [7, 11) is 1.56. The van der Waals surface area contributed by atoms with Gasteiger partial charge in [0.05, 0.1) is 28.9 Å². The number of nitrogen functional groups attached to an aromatic ring is 1. The van der Waals surface area contributed by atoms with E-state index in [9.17, 15) is 4.79 Å². The largest absolute Gasteiger partial charge is 0.495 e. The lowest BCUT2D eigenvalue weighted by Gasteiger charge is -2.12.